The Morgan fingerprint density at radius 3 is 2.50 bits per heavy atom. The number of hydrogen-bond acceptors (Lipinski definition) is 1. The fraction of sp³-hybridized carbons (Fsp3) is 0.846. The molecule has 1 atom stereocenters. The molecule has 1 nitrogen and oxygen atoms in total. The van der Waals surface area contributed by atoms with E-state index in [1.165, 1.54) is 12.8 Å². The maximum absolute atomic E-state index is 3.46. The third kappa shape index (κ3) is 6.97. The Morgan fingerprint density at radius 2 is 2.00 bits per heavy atom. The fourth-order valence-electron chi connectivity index (χ4n) is 1.88. The van der Waals surface area contributed by atoms with Crippen LogP contribution in [0.5, 0.6) is 0 Å². The van der Waals surface area contributed by atoms with Crippen LogP contribution in [-0.2, 0) is 0 Å². The van der Waals surface area contributed by atoms with E-state index in [4.69, 9.17) is 0 Å². The molecule has 82 valence electrons. The molecule has 0 fully saturated rings. The van der Waals surface area contributed by atoms with Gasteiger partial charge in [-0.3, -0.25) is 0 Å². The summed E-state index contributed by atoms with van der Waals surface area (Å²) in [5.74, 6) is 6.09. The van der Waals surface area contributed by atoms with E-state index in [1.54, 1.807) is 0 Å². The Bertz CT molecular complexity index is 195. The summed E-state index contributed by atoms with van der Waals surface area (Å²) in [6.45, 7) is 12.1. The number of nitrogens with one attached hydrogen (secondary N) is 1. The molecule has 1 N–H and O–H groups in total. The first kappa shape index (κ1) is 13.5. The molecule has 0 saturated heterocycles. The monoisotopic (exact) mass is 195 g/mol. The van der Waals surface area contributed by atoms with Gasteiger partial charge in [-0.25, -0.2) is 0 Å². The van der Waals surface area contributed by atoms with E-state index in [2.05, 4.69) is 44.9 Å². The lowest BCUT2D eigenvalue weighted by atomic mass is 9.82. The van der Waals surface area contributed by atoms with Crippen LogP contribution in [0.1, 0.15) is 53.9 Å². The quantitative estimate of drug-likeness (QED) is 0.642. The Kier molecular flexibility index (Phi) is 6.66. The molecule has 0 aromatic rings. The average Bonchev–Trinajstić information content (AvgIpc) is 2.03. The van der Waals surface area contributed by atoms with E-state index in [0.29, 0.717) is 11.5 Å². The van der Waals surface area contributed by atoms with E-state index in [9.17, 15) is 0 Å². The van der Waals surface area contributed by atoms with Gasteiger partial charge in [0.1, 0.15) is 0 Å². The van der Waals surface area contributed by atoms with Gasteiger partial charge in [0.05, 0.1) is 0 Å². The van der Waals surface area contributed by atoms with Crippen LogP contribution in [0.3, 0.4) is 0 Å². The van der Waals surface area contributed by atoms with Crippen molar-refractivity contribution in [1.82, 2.24) is 5.32 Å². The normalized spacial score (nSPS) is 13.2. The Labute approximate surface area is 89.7 Å². The van der Waals surface area contributed by atoms with Gasteiger partial charge in [-0.05, 0) is 38.6 Å². The van der Waals surface area contributed by atoms with Crippen LogP contribution in [0.15, 0.2) is 0 Å². The van der Waals surface area contributed by atoms with Gasteiger partial charge in [0.2, 0.25) is 0 Å². The molecule has 0 amide bonds. The maximum atomic E-state index is 3.46. The zero-order valence-electron chi connectivity index (χ0n) is 10.4. The van der Waals surface area contributed by atoms with Gasteiger partial charge in [0.25, 0.3) is 0 Å². The third-order valence-corrected chi connectivity index (χ3v) is 2.51. The lowest BCUT2D eigenvalue weighted by molar-refractivity contribution is 0.273. The molecular weight excluding hydrogens is 170 g/mol. The second-order valence-electron chi connectivity index (χ2n) is 4.75. The van der Waals surface area contributed by atoms with Crippen LogP contribution in [-0.4, -0.2) is 12.6 Å². The van der Waals surface area contributed by atoms with Gasteiger partial charge in [-0.2, -0.15) is 0 Å². The summed E-state index contributed by atoms with van der Waals surface area (Å²) in [5.41, 5.74) is 0.408. The van der Waals surface area contributed by atoms with Gasteiger partial charge < -0.3 is 5.32 Å². The molecule has 0 heterocycles. The largest absolute Gasteiger partial charge is 0.315 e. The summed E-state index contributed by atoms with van der Waals surface area (Å²) in [5, 5.41) is 3.46. The fourth-order valence-corrected chi connectivity index (χ4v) is 1.88. The highest BCUT2D eigenvalue weighted by Gasteiger charge is 2.19. The predicted octanol–water partition coefficient (Wildman–Crippen LogP) is 3.20. The van der Waals surface area contributed by atoms with Gasteiger partial charge in [-0.1, -0.05) is 20.8 Å². The Morgan fingerprint density at radius 1 is 1.36 bits per heavy atom. The molecule has 0 aromatic carbocycles. The second kappa shape index (κ2) is 6.90. The summed E-state index contributed by atoms with van der Waals surface area (Å²) in [7, 11) is 0. The lowest BCUT2D eigenvalue weighted by Crippen LogP contribution is -2.31. The molecule has 14 heavy (non-hydrogen) atoms. The second-order valence-corrected chi connectivity index (χ2v) is 4.75. The summed E-state index contributed by atoms with van der Waals surface area (Å²) in [4.78, 5) is 0. The van der Waals surface area contributed by atoms with Crippen LogP contribution in [0.4, 0.5) is 0 Å². The Balaban J connectivity index is 3.84. The highest BCUT2D eigenvalue weighted by atomic mass is 14.9. The van der Waals surface area contributed by atoms with Crippen molar-refractivity contribution < 1.29 is 0 Å². The average molecular weight is 195 g/mol. The van der Waals surface area contributed by atoms with Gasteiger partial charge in [0.15, 0.2) is 0 Å². The first-order chi connectivity index (χ1) is 6.52. The van der Waals surface area contributed by atoms with Crippen LogP contribution in [0.25, 0.3) is 0 Å². The molecule has 0 saturated carbocycles. The van der Waals surface area contributed by atoms with Crippen molar-refractivity contribution in [2.24, 2.45) is 5.41 Å². The number of hydrogen-bond donors (Lipinski definition) is 1. The Hall–Kier alpha value is -0.480. The van der Waals surface area contributed by atoms with Crippen molar-refractivity contribution in [1.29, 1.82) is 0 Å². The highest BCUT2D eigenvalue weighted by molar-refractivity contribution is 4.96. The van der Waals surface area contributed by atoms with Crippen molar-refractivity contribution in [3.8, 4) is 11.8 Å². The molecular formula is C13H25N. The SMILES string of the molecule is CC#CCCC(C)(C)CC(C)NCC. The van der Waals surface area contributed by atoms with Crippen LogP contribution in [0, 0.1) is 17.3 Å². The molecule has 0 rings (SSSR count). The summed E-state index contributed by atoms with van der Waals surface area (Å²) in [6, 6.07) is 0.615. The molecule has 0 radical (unpaired) electrons. The van der Waals surface area contributed by atoms with E-state index in [0.717, 1.165) is 13.0 Å². The van der Waals surface area contributed by atoms with Gasteiger partial charge in [0, 0.05) is 12.5 Å². The zero-order chi connectivity index (χ0) is 11.0. The van der Waals surface area contributed by atoms with Crippen LogP contribution >= 0.6 is 0 Å². The third-order valence-electron chi connectivity index (χ3n) is 2.51. The smallest absolute Gasteiger partial charge is 0.00936 e. The predicted molar refractivity (Wildman–Crippen MR) is 64.2 cm³/mol. The van der Waals surface area contributed by atoms with Crippen LogP contribution < -0.4 is 5.32 Å². The molecule has 0 bridgehead atoms. The van der Waals surface area contributed by atoms with E-state index >= 15 is 0 Å². The molecule has 0 aliphatic carbocycles. The van der Waals surface area contributed by atoms with Crippen molar-refractivity contribution >= 4 is 0 Å². The highest BCUT2D eigenvalue weighted by Crippen LogP contribution is 2.27. The van der Waals surface area contributed by atoms with Crippen LogP contribution in [0.2, 0.25) is 0 Å². The molecule has 0 aliphatic rings. The lowest BCUT2D eigenvalue weighted by Gasteiger charge is -2.27. The zero-order valence-corrected chi connectivity index (χ0v) is 10.4. The first-order valence-electron chi connectivity index (χ1n) is 5.65. The summed E-state index contributed by atoms with van der Waals surface area (Å²) in [6.07, 6.45) is 3.46. The van der Waals surface area contributed by atoms with Crippen molar-refractivity contribution in [2.45, 2.75) is 59.9 Å². The minimum atomic E-state index is 0.408. The van der Waals surface area contributed by atoms with E-state index in [-0.39, 0.29) is 0 Å². The summed E-state index contributed by atoms with van der Waals surface area (Å²) >= 11 is 0. The van der Waals surface area contributed by atoms with Gasteiger partial charge >= 0.3 is 0 Å². The molecule has 0 aromatic heterocycles. The molecule has 1 unspecified atom stereocenters. The van der Waals surface area contributed by atoms with Crippen molar-refractivity contribution in [3.63, 3.8) is 0 Å². The van der Waals surface area contributed by atoms with Crippen molar-refractivity contribution in [3.05, 3.63) is 0 Å². The minimum absolute atomic E-state index is 0.408. The number of rotatable bonds is 6. The summed E-state index contributed by atoms with van der Waals surface area (Å²) < 4.78 is 0. The van der Waals surface area contributed by atoms with Gasteiger partial charge in [-0.15, -0.1) is 11.8 Å². The standard InChI is InChI=1S/C13H25N/c1-6-8-9-10-13(4,5)11-12(3)14-7-2/h12,14H,7,9-11H2,1-5H3. The minimum Gasteiger partial charge on any atom is -0.315 e. The van der Waals surface area contributed by atoms with E-state index in [1.807, 2.05) is 6.92 Å². The first-order valence-corrected chi connectivity index (χ1v) is 5.65. The maximum Gasteiger partial charge on any atom is 0.00936 e. The molecule has 0 aliphatic heterocycles. The van der Waals surface area contributed by atoms with Crippen molar-refractivity contribution in [2.75, 3.05) is 6.54 Å². The topological polar surface area (TPSA) is 12.0 Å². The van der Waals surface area contributed by atoms with E-state index < -0.39 is 0 Å². The molecule has 0 spiro atoms. The molecule has 1 heteroatoms.